The molecule has 1 aliphatic rings. The number of nitrogens with zero attached hydrogens (tertiary/aromatic N) is 1. The van der Waals surface area contributed by atoms with Gasteiger partial charge in [-0.3, -0.25) is 0 Å². The maximum absolute atomic E-state index is 12.6. The summed E-state index contributed by atoms with van der Waals surface area (Å²) < 4.78 is 37.7. The van der Waals surface area contributed by atoms with Gasteiger partial charge in [-0.05, 0) is 42.7 Å². The predicted octanol–water partition coefficient (Wildman–Crippen LogP) is 4.36. The molecule has 0 fully saturated rings. The van der Waals surface area contributed by atoms with Gasteiger partial charge in [-0.25, -0.2) is 0 Å². The molecule has 5 heteroatoms. The third kappa shape index (κ3) is 2.89. The van der Waals surface area contributed by atoms with Crippen molar-refractivity contribution in [3.8, 4) is 5.75 Å². The molecule has 0 aromatic heterocycles. The number of hydrogen-bond acceptors (Lipinski definition) is 2. The Morgan fingerprint density at radius 3 is 2.45 bits per heavy atom. The average molecular weight is 307 g/mol. The molecule has 0 unspecified atom stereocenters. The maximum Gasteiger partial charge on any atom is 0.416 e. The highest BCUT2D eigenvalue weighted by Crippen LogP contribution is 2.34. The number of hydrogen-bond donors (Lipinski definition) is 1. The van der Waals surface area contributed by atoms with E-state index in [4.69, 9.17) is 0 Å². The number of anilines is 1. The largest absolute Gasteiger partial charge is 0.508 e. The first-order valence-electron chi connectivity index (χ1n) is 7.17. The quantitative estimate of drug-likeness (QED) is 0.891. The lowest BCUT2D eigenvalue weighted by atomic mass is 10.00. The Labute approximate surface area is 126 Å². The van der Waals surface area contributed by atoms with E-state index in [1.54, 1.807) is 12.1 Å². The van der Waals surface area contributed by atoms with Crippen LogP contribution < -0.4 is 4.90 Å². The minimum absolute atomic E-state index is 0.287. The summed E-state index contributed by atoms with van der Waals surface area (Å²) >= 11 is 0. The van der Waals surface area contributed by atoms with Crippen LogP contribution in [0.4, 0.5) is 18.9 Å². The highest BCUT2D eigenvalue weighted by atomic mass is 19.4. The molecule has 116 valence electrons. The highest BCUT2D eigenvalue weighted by molar-refractivity contribution is 5.60. The van der Waals surface area contributed by atoms with Gasteiger partial charge >= 0.3 is 6.18 Å². The summed E-state index contributed by atoms with van der Waals surface area (Å²) in [5, 5.41) is 9.91. The number of benzene rings is 2. The number of phenolic OH excluding ortho intramolecular Hbond substituents is 1. The van der Waals surface area contributed by atoms with Crippen molar-refractivity contribution < 1.29 is 18.3 Å². The first kappa shape index (κ1) is 14.8. The maximum atomic E-state index is 12.6. The van der Waals surface area contributed by atoms with Crippen molar-refractivity contribution in [1.82, 2.24) is 0 Å². The van der Waals surface area contributed by atoms with E-state index in [0.29, 0.717) is 6.54 Å². The van der Waals surface area contributed by atoms with Crippen LogP contribution in [0.25, 0.3) is 0 Å². The predicted molar refractivity (Wildman–Crippen MR) is 78.9 cm³/mol. The monoisotopic (exact) mass is 307 g/mol. The summed E-state index contributed by atoms with van der Waals surface area (Å²) in [6.07, 6.45) is -2.56. The second-order valence-electron chi connectivity index (χ2n) is 5.49. The Morgan fingerprint density at radius 1 is 1.05 bits per heavy atom. The van der Waals surface area contributed by atoms with Gasteiger partial charge in [0, 0.05) is 24.3 Å². The average Bonchev–Trinajstić information content (AvgIpc) is 2.48. The van der Waals surface area contributed by atoms with Gasteiger partial charge in [-0.15, -0.1) is 0 Å². The summed E-state index contributed by atoms with van der Waals surface area (Å²) in [5.41, 5.74) is 2.07. The number of halogens is 3. The fourth-order valence-corrected chi connectivity index (χ4v) is 2.87. The molecule has 0 amide bonds. The lowest BCUT2D eigenvalue weighted by Crippen LogP contribution is -2.28. The van der Waals surface area contributed by atoms with Gasteiger partial charge in [0.15, 0.2) is 0 Å². The number of phenols is 1. The molecule has 2 nitrogen and oxygen atoms in total. The van der Waals surface area contributed by atoms with Crippen LogP contribution in [0.1, 0.15) is 23.1 Å². The van der Waals surface area contributed by atoms with Gasteiger partial charge in [-0.2, -0.15) is 13.2 Å². The zero-order valence-corrected chi connectivity index (χ0v) is 11.9. The van der Waals surface area contributed by atoms with E-state index in [2.05, 4.69) is 4.90 Å². The molecule has 0 spiro atoms. The zero-order chi connectivity index (χ0) is 15.7. The summed E-state index contributed by atoms with van der Waals surface area (Å²) in [6, 6.07) is 10.7. The van der Waals surface area contributed by atoms with Gasteiger partial charge in [0.05, 0.1) is 5.56 Å². The normalized spacial score (nSPS) is 14.8. The van der Waals surface area contributed by atoms with Gasteiger partial charge < -0.3 is 10.0 Å². The van der Waals surface area contributed by atoms with E-state index in [-0.39, 0.29) is 5.75 Å². The number of aromatic hydroxyl groups is 1. The van der Waals surface area contributed by atoms with Crippen LogP contribution in [0, 0.1) is 0 Å². The first-order chi connectivity index (χ1) is 10.4. The lowest BCUT2D eigenvalue weighted by molar-refractivity contribution is -0.137. The minimum Gasteiger partial charge on any atom is -0.508 e. The fraction of sp³-hybridized carbons (Fsp3) is 0.294. The Bertz CT molecular complexity index is 665. The van der Waals surface area contributed by atoms with Crippen molar-refractivity contribution in [2.24, 2.45) is 0 Å². The molecule has 1 aliphatic heterocycles. The highest BCUT2D eigenvalue weighted by Gasteiger charge is 2.30. The molecule has 0 radical (unpaired) electrons. The Morgan fingerprint density at radius 2 is 1.77 bits per heavy atom. The standard InChI is InChI=1S/C17H16F3NO/c18-17(19,20)13-8-6-12(7-9-13)11-21-10-2-3-14-15(21)4-1-5-16(14)22/h1,4-9,22H,2-3,10-11H2. The van der Waals surface area contributed by atoms with Crippen molar-refractivity contribution >= 4 is 5.69 Å². The molecule has 3 rings (SSSR count). The summed E-state index contributed by atoms with van der Waals surface area (Å²) in [7, 11) is 0. The minimum atomic E-state index is -4.30. The van der Waals surface area contributed by atoms with Crippen LogP contribution in [0.15, 0.2) is 42.5 Å². The zero-order valence-electron chi connectivity index (χ0n) is 11.9. The van der Waals surface area contributed by atoms with Crippen molar-refractivity contribution in [3.05, 3.63) is 59.2 Å². The van der Waals surface area contributed by atoms with Crippen molar-refractivity contribution in [3.63, 3.8) is 0 Å². The number of rotatable bonds is 2. The summed E-state index contributed by atoms with van der Waals surface area (Å²) in [6.45, 7) is 1.37. The van der Waals surface area contributed by atoms with Crippen LogP contribution in [0.5, 0.6) is 5.75 Å². The van der Waals surface area contributed by atoms with Crippen molar-refractivity contribution in [1.29, 1.82) is 0 Å². The smallest absolute Gasteiger partial charge is 0.416 e. The molecule has 0 saturated heterocycles. The molecule has 0 aliphatic carbocycles. The molecule has 0 saturated carbocycles. The third-order valence-electron chi connectivity index (χ3n) is 3.98. The topological polar surface area (TPSA) is 23.5 Å². The van der Waals surface area contributed by atoms with E-state index >= 15 is 0 Å². The Balaban J connectivity index is 1.82. The van der Waals surface area contributed by atoms with Crippen LogP contribution in [0.3, 0.4) is 0 Å². The van der Waals surface area contributed by atoms with Crippen LogP contribution >= 0.6 is 0 Å². The molecule has 0 atom stereocenters. The lowest BCUT2D eigenvalue weighted by Gasteiger charge is -2.31. The first-order valence-corrected chi connectivity index (χ1v) is 7.17. The SMILES string of the molecule is Oc1cccc2c1CCCN2Cc1ccc(C(F)(F)F)cc1. The van der Waals surface area contributed by atoms with Gasteiger partial charge in [0.25, 0.3) is 0 Å². The van der Waals surface area contributed by atoms with Crippen molar-refractivity contribution in [2.45, 2.75) is 25.6 Å². The summed E-state index contributed by atoms with van der Waals surface area (Å²) in [4.78, 5) is 2.10. The van der Waals surface area contributed by atoms with E-state index in [1.807, 2.05) is 6.07 Å². The van der Waals surface area contributed by atoms with Gasteiger partial charge in [0.2, 0.25) is 0 Å². The molecule has 2 aromatic rings. The molecule has 2 aromatic carbocycles. The van der Waals surface area contributed by atoms with E-state index in [1.165, 1.54) is 12.1 Å². The van der Waals surface area contributed by atoms with E-state index < -0.39 is 11.7 Å². The molecule has 22 heavy (non-hydrogen) atoms. The molecule has 0 bridgehead atoms. The van der Waals surface area contributed by atoms with Crippen LogP contribution in [-0.4, -0.2) is 11.7 Å². The van der Waals surface area contributed by atoms with Crippen LogP contribution in [0.2, 0.25) is 0 Å². The second kappa shape index (κ2) is 5.55. The van der Waals surface area contributed by atoms with Crippen molar-refractivity contribution in [2.75, 3.05) is 11.4 Å². The molecule has 1 heterocycles. The number of alkyl halides is 3. The Kier molecular flexibility index (Phi) is 3.72. The molecular weight excluding hydrogens is 291 g/mol. The molecular formula is C17H16F3NO. The van der Waals surface area contributed by atoms with Crippen LogP contribution in [-0.2, 0) is 19.1 Å². The van der Waals surface area contributed by atoms with Gasteiger partial charge in [-0.1, -0.05) is 18.2 Å². The van der Waals surface area contributed by atoms with E-state index in [0.717, 1.165) is 48.3 Å². The molecule has 1 N–H and O–H groups in total. The second-order valence-corrected chi connectivity index (χ2v) is 5.49. The van der Waals surface area contributed by atoms with E-state index in [9.17, 15) is 18.3 Å². The summed E-state index contributed by atoms with van der Waals surface area (Å²) in [5.74, 6) is 0.287. The van der Waals surface area contributed by atoms with Gasteiger partial charge in [0.1, 0.15) is 5.75 Å². The Hall–Kier alpha value is -2.17. The fourth-order valence-electron chi connectivity index (χ4n) is 2.87. The number of fused-ring (bicyclic) bond motifs is 1. The third-order valence-corrected chi connectivity index (χ3v) is 3.98.